The van der Waals surface area contributed by atoms with E-state index in [0.29, 0.717) is 5.02 Å². The summed E-state index contributed by atoms with van der Waals surface area (Å²) < 4.78 is 5.53. The van der Waals surface area contributed by atoms with E-state index >= 15 is 0 Å². The quantitative estimate of drug-likeness (QED) is 0.925. The summed E-state index contributed by atoms with van der Waals surface area (Å²) in [5, 5.41) is 10.2. The first-order valence-electron chi connectivity index (χ1n) is 6.78. The van der Waals surface area contributed by atoms with E-state index in [1.807, 2.05) is 32.0 Å². The smallest absolute Gasteiger partial charge is 0.408 e. The van der Waals surface area contributed by atoms with Gasteiger partial charge in [-0.15, -0.1) is 0 Å². The van der Waals surface area contributed by atoms with Crippen molar-refractivity contribution < 1.29 is 14.6 Å². The van der Waals surface area contributed by atoms with Gasteiger partial charge in [-0.1, -0.05) is 23.7 Å². The van der Waals surface area contributed by atoms with Crippen LogP contribution in [0.3, 0.4) is 0 Å². The van der Waals surface area contributed by atoms with Crippen LogP contribution in [0, 0.1) is 0 Å². The fourth-order valence-electron chi connectivity index (χ4n) is 3.00. The first-order chi connectivity index (χ1) is 9.47. The molecule has 4 nitrogen and oxygen atoms in total. The van der Waals surface area contributed by atoms with Crippen molar-refractivity contribution in [3.8, 4) is 0 Å². The van der Waals surface area contributed by atoms with Crippen LogP contribution in [0.2, 0.25) is 5.02 Å². The Morgan fingerprint density at radius 1 is 1.50 bits per heavy atom. The van der Waals surface area contributed by atoms with E-state index in [4.69, 9.17) is 16.3 Å². The molecule has 1 aromatic carbocycles. The third-order valence-electron chi connectivity index (χ3n) is 3.87. The summed E-state index contributed by atoms with van der Waals surface area (Å²) in [5.41, 5.74) is 2.01. The molecule has 0 aromatic heterocycles. The predicted octanol–water partition coefficient (Wildman–Crippen LogP) is 3.73. The number of nitrogens with zero attached hydrogens (tertiary/aromatic N) is 1. The molecule has 0 aliphatic heterocycles. The molecular weight excluding hydrogens is 278 g/mol. The van der Waals surface area contributed by atoms with Gasteiger partial charge < -0.3 is 9.84 Å². The second-order valence-corrected chi connectivity index (χ2v) is 5.76. The summed E-state index contributed by atoms with van der Waals surface area (Å²) in [6.45, 7) is 3.73. The zero-order valence-electron chi connectivity index (χ0n) is 12.0. The standard InChI is InChI=1S/C15H20ClNO3/c1-9(2)17(15(18)19)14-12(20-3)8-7-10-5-4-6-11(16)13(10)14/h4-6,9,12,14H,7-8H2,1-3H3,(H,18,19)/t12-,14-/m1/s1. The van der Waals surface area contributed by atoms with Crippen molar-refractivity contribution in [2.45, 2.75) is 44.9 Å². The van der Waals surface area contributed by atoms with Crippen LogP contribution in [-0.2, 0) is 11.2 Å². The minimum absolute atomic E-state index is 0.141. The number of halogens is 1. The number of methoxy groups -OCH3 is 1. The number of benzene rings is 1. The van der Waals surface area contributed by atoms with Crippen LogP contribution in [0.15, 0.2) is 18.2 Å². The Hall–Kier alpha value is -1.26. The molecule has 2 atom stereocenters. The highest BCUT2D eigenvalue weighted by Gasteiger charge is 2.39. The van der Waals surface area contributed by atoms with Crippen LogP contribution < -0.4 is 0 Å². The molecule has 2 rings (SSSR count). The Morgan fingerprint density at radius 3 is 2.75 bits per heavy atom. The number of hydrogen-bond donors (Lipinski definition) is 1. The maximum Gasteiger partial charge on any atom is 0.408 e. The van der Waals surface area contributed by atoms with Gasteiger partial charge in [0.25, 0.3) is 0 Å². The summed E-state index contributed by atoms with van der Waals surface area (Å²) in [6.07, 6.45) is 0.544. The maximum atomic E-state index is 11.7. The highest BCUT2D eigenvalue weighted by atomic mass is 35.5. The average Bonchev–Trinajstić information content (AvgIpc) is 2.38. The minimum Gasteiger partial charge on any atom is -0.465 e. The van der Waals surface area contributed by atoms with Crippen molar-refractivity contribution in [1.29, 1.82) is 0 Å². The lowest BCUT2D eigenvalue weighted by Gasteiger charge is -2.41. The molecule has 0 radical (unpaired) electrons. The summed E-state index contributed by atoms with van der Waals surface area (Å²) in [6, 6.07) is 5.24. The van der Waals surface area contributed by atoms with Gasteiger partial charge >= 0.3 is 6.09 Å². The van der Waals surface area contributed by atoms with Crippen LogP contribution in [0.25, 0.3) is 0 Å². The van der Waals surface area contributed by atoms with E-state index < -0.39 is 6.09 Å². The lowest BCUT2D eigenvalue weighted by atomic mass is 9.84. The fourth-order valence-corrected chi connectivity index (χ4v) is 3.30. The third kappa shape index (κ3) is 2.63. The zero-order chi connectivity index (χ0) is 14.9. The maximum absolute atomic E-state index is 11.7. The molecule has 5 heteroatoms. The van der Waals surface area contributed by atoms with Gasteiger partial charge in [0, 0.05) is 18.2 Å². The molecule has 1 amide bonds. The number of carboxylic acid groups (broad SMARTS) is 1. The Bertz CT molecular complexity index is 504. The number of aryl methyl sites for hydroxylation is 1. The molecule has 1 aliphatic carbocycles. The van der Waals surface area contributed by atoms with Crippen molar-refractivity contribution in [3.63, 3.8) is 0 Å². The topological polar surface area (TPSA) is 49.8 Å². The fraction of sp³-hybridized carbons (Fsp3) is 0.533. The minimum atomic E-state index is -0.945. The highest BCUT2D eigenvalue weighted by Crippen LogP contribution is 2.40. The first kappa shape index (κ1) is 15.1. The molecule has 0 heterocycles. The van der Waals surface area contributed by atoms with Crippen molar-refractivity contribution in [3.05, 3.63) is 34.3 Å². The third-order valence-corrected chi connectivity index (χ3v) is 4.20. The molecule has 0 bridgehead atoms. The SMILES string of the molecule is CO[C@@H]1CCc2cccc(Cl)c2[C@@H]1N(C(=O)O)C(C)C. The number of hydrogen-bond acceptors (Lipinski definition) is 2. The van der Waals surface area contributed by atoms with Gasteiger partial charge in [-0.2, -0.15) is 0 Å². The van der Waals surface area contributed by atoms with Gasteiger partial charge in [0.05, 0.1) is 12.1 Å². The monoisotopic (exact) mass is 297 g/mol. The van der Waals surface area contributed by atoms with E-state index in [0.717, 1.165) is 24.0 Å². The largest absolute Gasteiger partial charge is 0.465 e. The summed E-state index contributed by atoms with van der Waals surface area (Å²) in [4.78, 5) is 13.1. The van der Waals surface area contributed by atoms with E-state index in [1.54, 1.807) is 7.11 Å². The molecule has 0 saturated carbocycles. The van der Waals surface area contributed by atoms with Gasteiger partial charge in [0.15, 0.2) is 0 Å². The Balaban J connectivity index is 2.55. The second-order valence-electron chi connectivity index (χ2n) is 5.35. The number of rotatable bonds is 3. The molecule has 0 unspecified atom stereocenters. The van der Waals surface area contributed by atoms with E-state index in [2.05, 4.69) is 0 Å². The van der Waals surface area contributed by atoms with Crippen molar-refractivity contribution in [2.75, 3.05) is 7.11 Å². The number of carbonyl (C=O) groups is 1. The van der Waals surface area contributed by atoms with Crippen LogP contribution in [0.1, 0.15) is 37.4 Å². The van der Waals surface area contributed by atoms with Crippen LogP contribution >= 0.6 is 11.6 Å². The summed E-state index contributed by atoms with van der Waals surface area (Å²) in [7, 11) is 1.62. The summed E-state index contributed by atoms with van der Waals surface area (Å²) in [5.74, 6) is 0. The molecule has 0 fully saturated rings. The van der Waals surface area contributed by atoms with Crippen molar-refractivity contribution in [1.82, 2.24) is 4.90 Å². The van der Waals surface area contributed by atoms with Crippen molar-refractivity contribution in [2.24, 2.45) is 0 Å². The van der Waals surface area contributed by atoms with Crippen molar-refractivity contribution >= 4 is 17.7 Å². The highest BCUT2D eigenvalue weighted by molar-refractivity contribution is 6.31. The lowest BCUT2D eigenvalue weighted by Crippen LogP contribution is -2.46. The summed E-state index contributed by atoms with van der Waals surface area (Å²) >= 11 is 6.34. The molecule has 0 saturated heterocycles. The van der Waals surface area contributed by atoms with Gasteiger partial charge in [-0.3, -0.25) is 4.90 Å². The second kappa shape index (κ2) is 6.02. The Morgan fingerprint density at radius 2 is 2.20 bits per heavy atom. The Kier molecular flexibility index (Phi) is 4.55. The van der Waals surface area contributed by atoms with E-state index in [1.165, 1.54) is 4.90 Å². The normalized spacial score (nSPS) is 21.6. The number of ether oxygens (including phenoxy) is 1. The van der Waals surface area contributed by atoms with Crippen LogP contribution in [0.4, 0.5) is 4.79 Å². The molecule has 20 heavy (non-hydrogen) atoms. The molecule has 0 spiro atoms. The van der Waals surface area contributed by atoms with Crippen LogP contribution in [0.5, 0.6) is 0 Å². The number of fused-ring (bicyclic) bond motifs is 1. The first-order valence-corrected chi connectivity index (χ1v) is 7.16. The predicted molar refractivity (Wildman–Crippen MR) is 78.3 cm³/mol. The molecule has 1 N–H and O–H groups in total. The molecule has 110 valence electrons. The van der Waals surface area contributed by atoms with E-state index in [9.17, 15) is 9.90 Å². The average molecular weight is 298 g/mol. The molecule has 1 aliphatic rings. The molecule has 1 aromatic rings. The van der Waals surface area contributed by atoms with Gasteiger partial charge in [0.2, 0.25) is 0 Å². The Labute approximate surface area is 124 Å². The van der Waals surface area contributed by atoms with Gasteiger partial charge in [0.1, 0.15) is 0 Å². The van der Waals surface area contributed by atoms with Gasteiger partial charge in [-0.05, 0) is 43.9 Å². The zero-order valence-corrected chi connectivity index (χ0v) is 12.7. The van der Waals surface area contributed by atoms with Crippen LogP contribution in [-0.4, -0.2) is 35.4 Å². The van der Waals surface area contributed by atoms with E-state index in [-0.39, 0.29) is 18.2 Å². The molecular formula is C15H20ClNO3. The number of amides is 1. The lowest BCUT2D eigenvalue weighted by molar-refractivity contribution is -0.00364. The van der Waals surface area contributed by atoms with Gasteiger partial charge in [-0.25, -0.2) is 4.79 Å².